The molecule has 0 spiro atoms. The third-order valence-corrected chi connectivity index (χ3v) is 7.76. The van der Waals surface area contributed by atoms with Gasteiger partial charge in [0.15, 0.2) is 0 Å². The van der Waals surface area contributed by atoms with Crippen LogP contribution in [0, 0.1) is 5.92 Å². The van der Waals surface area contributed by atoms with Crippen molar-refractivity contribution < 1.29 is 9.59 Å². The van der Waals surface area contributed by atoms with Crippen LogP contribution in [0.1, 0.15) is 58.3 Å². The lowest BCUT2D eigenvalue weighted by atomic mass is 9.78. The smallest absolute Gasteiger partial charge is 0.246 e. The molecule has 4 atom stereocenters. The minimum absolute atomic E-state index is 0.126. The van der Waals surface area contributed by atoms with Crippen LogP contribution in [-0.4, -0.2) is 50.9 Å². The summed E-state index contributed by atoms with van der Waals surface area (Å²) in [6, 6.07) is 0.246. The van der Waals surface area contributed by atoms with Crippen molar-refractivity contribution in [1.29, 1.82) is 0 Å². The van der Waals surface area contributed by atoms with E-state index in [4.69, 9.17) is 0 Å². The molecular weight excluding hydrogens is 296 g/mol. The average molecular weight is 322 g/mol. The molecule has 0 bridgehead atoms. The molecule has 0 aromatic rings. The Bertz CT molecular complexity index is 495. The van der Waals surface area contributed by atoms with Gasteiger partial charge in [0.05, 0.1) is 4.87 Å². The molecule has 4 aliphatic rings. The maximum absolute atomic E-state index is 13.2. The molecule has 5 heteroatoms. The monoisotopic (exact) mass is 322 g/mol. The topological polar surface area (TPSA) is 40.6 Å². The van der Waals surface area contributed by atoms with Gasteiger partial charge in [-0.2, -0.15) is 0 Å². The van der Waals surface area contributed by atoms with E-state index in [1.807, 2.05) is 4.90 Å². The third kappa shape index (κ3) is 2.19. The SMILES string of the molecule is CC12CCC(=O)N1C(C(=O)N1CCCC3CCCCC31)CS2. The third-order valence-electron chi connectivity index (χ3n) is 6.26. The highest BCUT2D eigenvalue weighted by Crippen LogP contribution is 2.48. The second-order valence-electron chi connectivity index (χ2n) is 7.55. The van der Waals surface area contributed by atoms with Crippen molar-refractivity contribution in [1.82, 2.24) is 9.80 Å². The lowest BCUT2D eigenvalue weighted by Gasteiger charge is -2.45. The van der Waals surface area contributed by atoms with Gasteiger partial charge in [-0.05, 0) is 44.9 Å². The number of fused-ring (bicyclic) bond motifs is 2. The summed E-state index contributed by atoms with van der Waals surface area (Å²) in [6.07, 6.45) is 8.96. The van der Waals surface area contributed by atoms with Crippen molar-refractivity contribution in [3.63, 3.8) is 0 Å². The van der Waals surface area contributed by atoms with Crippen LogP contribution in [0.5, 0.6) is 0 Å². The van der Waals surface area contributed by atoms with E-state index in [-0.39, 0.29) is 22.7 Å². The standard InChI is InChI=1S/C17H26N2O2S/c1-17-9-8-15(20)19(17)14(11-22-17)16(21)18-10-4-6-12-5-2-3-7-13(12)18/h12-14H,2-11H2,1H3. The van der Waals surface area contributed by atoms with Gasteiger partial charge in [0.2, 0.25) is 11.8 Å². The van der Waals surface area contributed by atoms with E-state index in [0.29, 0.717) is 18.4 Å². The minimum atomic E-state index is -0.203. The van der Waals surface area contributed by atoms with Gasteiger partial charge in [0.25, 0.3) is 0 Å². The number of carbonyl (C=O) groups is 2. The van der Waals surface area contributed by atoms with E-state index in [1.54, 1.807) is 11.8 Å². The highest BCUT2D eigenvalue weighted by molar-refractivity contribution is 8.01. The van der Waals surface area contributed by atoms with Gasteiger partial charge in [0.1, 0.15) is 6.04 Å². The number of hydrogen-bond acceptors (Lipinski definition) is 3. The molecule has 0 N–H and O–H groups in total. The van der Waals surface area contributed by atoms with Crippen LogP contribution in [0.4, 0.5) is 0 Å². The summed E-state index contributed by atoms with van der Waals surface area (Å²) in [4.78, 5) is 29.4. The van der Waals surface area contributed by atoms with Gasteiger partial charge in [-0.25, -0.2) is 0 Å². The largest absolute Gasteiger partial charge is 0.338 e. The fraction of sp³-hybridized carbons (Fsp3) is 0.882. The summed E-state index contributed by atoms with van der Waals surface area (Å²) < 4.78 is 0. The molecule has 22 heavy (non-hydrogen) atoms. The Hall–Kier alpha value is -0.710. The average Bonchev–Trinajstić information content (AvgIpc) is 3.03. The van der Waals surface area contributed by atoms with Crippen LogP contribution < -0.4 is 0 Å². The van der Waals surface area contributed by atoms with Crippen LogP contribution >= 0.6 is 11.8 Å². The maximum atomic E-state index is 13.2. The van der Waals surface area contributed by atoms with Crippen LogP contribution in [0.2, 0.25) is 0 Å². The number of thioether (sulfide) groups is 1. The molecule has 1 saturated carbocycles. The Morgan fingerprint density at radius 2 is 2.00 bits per heavy atom. The van der Waals surface area contributed by atoms with Gasteiger partial charge >= 0.3 is 0 Å². The molecule has 4 fully saturated rings. The van der Waals surface area contributed by atoms with E-state index in [9.17, 15) is 9.59 Å². The first-order valence-electron chi connectivity index (χ1n) is 8.87. The first kappa shape index (κ1) is 14.9. The molecule has 0 aromatic heterocycles. The van der Waals surface area contributed by atoms with Crippen molar-refractivity contribution in [2.45, 2.75) is 75.2 Å². The molecule has 4 unspecified atom stereocenters. The Balaban J connectivity index is 1.55. The number of rotatable bonds is 1. The molecule has 2 amide bonds. The van der Waals surface area contributed by atoms with Crippen LogP contribution in [0.3, 0.4) is 0 Å². The minimum Gasteiger partial charge on any atom is -0.338 e. The summed E-state index contributed by atoms with van der Waals surface area (Å²) in [5.74, 6) is 1.92. The van der Waals surface area contributed by atoms with Gasteiger partial charge in [-0.15, -0.1) is 11.8 Å². The summed E-state index contributed by atoms with van der Waals surface area (Å²) in [5, 5.41) is 0. The molecular formula is C17H26N2O2S. The molecule has 4 rings (SSSR count). The van der Waals surface area contributed by atoms with Crippen molar-refractivity contribution in [3.05, 3.63) is 0 Å². The molecule has 3 aliphatic heterocycles. The highest BCUT2D eigenvalue weighted by Gasteiger charge is 2.54. The number of carbonyl (C=O) groups excluding carboxylic acids is 2. The predicted octanol–water partition coefficient (Wildman–Crippen LogP) is 2.62. The Morgan fingerprint density at radius 1 is 1.23 bits per heavy atom. The summed E-state index contributed by atoms with van der Waals surface area (Å²) in [6.45, 7) is 3.04. The van der Waals surface area contributed by atoms with E-state index in [2.05, 4.69) is 11.8 Å². The van der Waals surface area contributed by atoms with Gasteiger partial charge in [0, 0.05) is 24.8 Å². The normalized spacial score (nSPS) is 41.5. The number of nitrogens with zero attached hydrogens (tertiary/aromatic N) is 2. The number of likely N-dealkylation sites (tertiary alicyclic amines) is 1. The van der Waals surface area contributed by atoms with Gasteiger partial charge < -0.3 is 9.80 Å². The second kappa shape index (κ2) is 5.43. The molecule has 122 valence electrons. The zero-order valence-corrected chi connectivity index (χ0v) is 14.2. The van der Waals surface area contributed by atoms with Crippen LogP contribution in [-0.2, 0) is 9.59 Å². The fourth-order valence-electron chi connectivity index (χ4n) is 5.09. The summed E-state index contributed by atoms with van der Waals surface area (Å²) >= 11 is 1.81. The molecule has 1 aliphatic carbocycles. The molecule has 3 saturated heterocycles. The number of hydrogen-bond donors (Lipinski definition) is 0. The first-order valence-corrected chi connectivity index (χ1v) is 9.85. The molecule has 0 aromatic carbocycles. The summed E-state index contributed by atoms with van der Waals surface area (Å²) in [5.41, 5.74) is 0. The van der Waals surface area contributed by atoms with Crippen molar-refractivity contribution in [2.24, 2.45) is 5.92 Å². The first-order chi connectivity index (χ1) is 10.6. The van der Waals surface area contributed by atoms with Gasteiger partial charge in [-0.3, -0.25) is 9.59 Å². The zero-order valence-electron chi connectivity index (χ0n) is 13.4. The Kier molecular flexibility index (Phi) is 3.67. The molecule has 0 radical (unpaired) electrons. The molecule has 4 nitrogen and oxygen atoms in total. The van der Waals surface area contributed by atoms with Crippen molar-refractivity contribution >= 4 is 23.6 Å². The quantitative estimate of drug-likeness (QED) is 0.745. The van der Waals surface area contributed by atoms with E-state index in [0.717, 1.165) is 25.1 Å². The van der Waals surface area contributed by atoms with Crippen LogP contribution in [0.25, 0.3) is 0 Å². The predicted molar refractivity (Wildman–Crippen MR) is 87.4 cm³/mol. The maximum Gasteiger partial charge on any atom is 0.246 e. The van der Waals surface area contributed by atoms with Crippen LogP contribution in [0.15, 0.2) is 0 Å². The van der Waals surface area contributed by atoms with Crippen molar-refractivity contribution in [3.8, 4) is 0 Å². The fourth-order valence-corrected chi connectivity index (χ4v) is 6.52. The van der Waals surface area contributed by atoms with Crippen molar-refractivity contribution in [2.75, 3.05) is 12.3 Å². The van der Waals surface area contributed by atoms with E-state index >= 15 is 0 Å². The van der Waals surface area contributed by atoms with E-state index < -0.39 is 0 Å². The Morgan fingerprint density at radius 3 is 2.86 bits per heavy atom. The molecule has 3 heterocycles. The zero-order chi connectivity index (χ0) is 15.3. The lowest BCUT2D eigenvalue weighted by molar-refractivity contribution is -0.148. The highest BCUT2D eigenvalue weighted by atomic mass is 32.2. The number of piperidine rings is 1. The number of amides is 2. The summed E-state index contributed by atoms with van der Waals surface area (Å²) in [7, 11) is 0. The second-order valence-corrected chi connectivity index (χ2v) is 9.05. The lowest BCUT2D eigenvalue weighted by Crippen LogP contribution is -2.57. The van der Waals surface area contributed by atoms with E-state index in [1.165, 1.54) is 32.1 Å². The van der Waals surface area contributed by atoms with Gasteiger partial charge in [-0.1, -0.05) is 12.8 Å². The Labute approximate surface area is 137 Å².